The van der Waals surface area contributed by atoms with Gasteiger partial charge in [-0.05, 0) is 31.2 Å². The Hall–Kier alpha value is -3.34. The topological polar surface area (TPSA) is 122 Å². The van der Waals surface area contributed by atoms with Crippen LogP contribution in [0.25, 0.3) is 10.2 Å². The fourth-order valence-electron chi connectivity index (χ4n) is 2.91. The summed E-state index contributed by atoms with van der Waals surface area (Å²) in [6.07, 6.45) is -0.0535. The van der Waals surface area contributed by atoms with Gasteiger partial charge in [0, 0.05) is 13.2 Å². The minimum atomic E-state index is -1.73. The number of aliphatic hydroxyl groups excluding tert-OH is 2. The summed E-state index contributed by atoms with van der Waals surface area (Å²) in [5.74, 6) is -0.0597. The van der Waals surface area contributed by atoms with Crippen molar-refractivity contribution >= 4 is 33.1 Å². The number of hydrogen-bond acceptors (Lipinski definition) is 8. The molecule has 0 aliphatic heterocycles. The molecule has 0 saturated carbocycles. The van der Waals surface area contributed by atoms with Crippen LogP contribution in [-0.2, 0) is 11.8 Å². The van der Waals surface area contributed by atoms with Gasteiger partial charge in [-0.15, -0.1) is 11.3 Å². The molecule has 10 heteroatoms. The van der Waals surface area contributed by atoms with Crippen molar-refractivity contribution in [2.45, 2.75) is 19.1 Å². The van der Waals surface area contributed by atoms with E-state index in [1.54, 1.807) is 38.4 Å². The summed E-state index contributed by atoms with van der Waals surface area (Å²) in [6.45, 7) is 1.70. The van der Waals surface area contributed by atoms with E-state index < -0.39 is 18.1 Å². The highest BCUT2D eigenvalue weighted by Crippen LogP contribution is 2.33. The molecule has 4 aromatic rings. The zero-order chi connectivity index (χ0) is 21.3. The van der Waals surface area contributed by atoms with E-state index in [9.17, 15) is 15.0 Å². The normalized spacial score (nSPS) is 13.2. The van der Waals surface area contributed by atoms with Gasteiger partial charge in [-0.25, -0.2) is 9.67 Å². The van der Waals surface area contributed by atoms with Crippen LogP contribution in [0, 0.1) is 6.92 Å². The summed E-state index contributed by atoms with van der Waals surface area (Å²) >= 11 is 1.22. The van der Waals surface area contributed by atoms with Crippen molar-refractivity contribution in [1.82, 2.24) is 19.7 Å². The predicted molar refractivity (Wildman–Crippen MR) is 111 cm³/mol. The first-order valence-electron chi connectivity index (χ1n) is 9.08. The monoisotopic (exact) mass is 425 g/mol. The number of hydrogen-bond donors (Lipinski definition) is 3. The first kappa shape index (κ1) is 20.0. The number of aromatic nitrogens is 4. The van der Waals surface area contributed by atoms with Crippen molar-refractivity contribution in [3.8, 4) is 11.6 Å². The minimum absolute atomic E-state index is 0.258. The van der Waals surface area contributed by atoms with Crippen molar-refractivity contribution in [1.29, 1.82) is 0 Å². The number of para-hydroxylation sites is 1. The molecule has 3 aromatic heterocycles. The summed E-state index contributed by atoms with van der Waals surface area (Å²) in [7, 11) is 1.67. The van der Waals surface area contributed by atoms with Crippen LogP contribution in [0.3, 0.4) is 0 Å². The lowest BCUT2D eigenvalue weighted by Crippen LogP contribution is -2.33. The summed E-state index contributed by atoms with van der Waals surface area (Å²) < 4.78 is 8.12. The molecule has 0 spiro atoms. The third kappa shape index (κ3) is 3.88. The van der Waals surface area contributed by atoms with E-state index >= 15 is 0 Å². The lowest BCUT2D eigenvalue weighted by Gasteiger charge is -2.16. The molecule has 4 rings (SSSR count). The first-order chi connectivity index (χ1) is 14.4. The van der Waals surface area contributed by atoms with Gasteiger partial charge >= 0.3 is 0 Å². The van der Waals surface area contributed by atoms with Crippen LogP contribution < -0.4 is 10.1 Å². The van der Waals surface area contributed by atoms with Gasteiger partial charge in [-0.3, -0.25) is 9.78 Å². The maximum Gasteiger partial charge on any atom is 0.256 e. The van der Waals surface area contributed by atoms with Gasteiger partial charge in [0.05, 0.1) is 22.1 Å². The Bertz CT molecular complexity index is 1160. The number of carbonyl (C=O) groups is 1. The van der Waals surface area contributed by atoms with Crippen molar-refractivity contribution in [3.05, 3.63) is 59.5 Å². The smallest absolute Gasteiger partial charge is 0.256 e. The molecule has 0 aliphatic rings. The van der Waals surface area contributed by atoms with Crippen LogP contribution in [0.15, 0.2) is 48.8 Å². The molecule has 9 nitrogen and oxygen atoms in total. The average Bonchev–Trinajstić information content (AvgIpc) is 3.29. The summed E-state index contributed by atoms with van der Waals surface area (Å²) in [5.41, 5.74) is 1.48. The number of benzene rings is 1. The molecular weight excluding hydrogens is 406 g/mol. The first-order valence-corrected chi connectivity index (χ1v) is 9.89. The number of rotatable bonds is 6. The van der Waals surface area contributed by atoms with E-state index in [2.05, 4.69) is 20.4 Å². The number of aryl methyl sites for hydroxylation is 2. The molecule has 0 bridgehead atoms. The number of pyridine rings is 1. The number of carbonyl (C=O) groups excluding carboxylic acids is 1. The van der Waals surface area contributed by atoms with Crippen molar-refractivity contribution < 1.29 is 19.7 Å². The Morgan fingerprint density at radius 1 is 1.23 bits per heavy atom. The van der Waals surface area contributed by atoms with Gasteiger partial charge in [-0.2, -0.15) is 5.10 Å². The average molecular weight is 425 g/mol. The Kier molecular flexibility index (Phi) is 5.44. The molecule has 3 heterocycles. The number of nitrogens with one attached hydrogen (secondary N) is 1. The van der Waals surface area contributed by atoms with Crippen LogP contribution in [0.2, 0.25) is 0 Å². The zero-order valence-corrected chi connectivity index (χ0v) is 17.0. The Labute approximate surface area is 175 Å². The standard InChI is InChI=1S/C20H19N5O4S/c1-11-15(20(25(2)24-11)29-12-6-5-9-21-10-12)23-18(28)16(26)17(27)19-22-13-7-3-4-8-14(13)30-19/h3-10,16-17,26-27H,1-2H3,(H,23,28)/t16-,17+/m1/s1. The molecule has 3 N–H and O–H groups in total. The van der Waals surface area contributed by atoms with Gasteiger partial charge in [0.15, 0.2) is 6.10 Å². The minimum Gasteiger partial charge on any atom is -0.436 e. The van der Waals surface area contributed by atoms with E-state index in [0.717, 1.165) is 4.70 Å². The van der Waals surface area contributed by atoms with Crippen LogP contribution >= 0.6 is 11.3 Å². The second kappa shape index (κ2) is 8.19. The van der Waals surface area contributed by atoms with Gasteiger partial charge in [-0.1, -0.05) is 12.1 Å². The van der Waals surface area contributed by atoms with Crippen LogP contribution in [0.5, 0.6) is 11.6 Å². The number of thiazole rings is 1. The maximum atomic E-state index is 12.7. The van der Waals surface area contributed by atoms with Crippen LogP contribution in [0.4, 0.5) is 5.69 Å². The predicted octanol–water partition coefficient (Wildman–Crippen LogP) is 2.56. The summed E-state index contributed by atoms with van der Waals surface area (Å²) in [4.78, 5) is 20.9. The highest BCUT2D eigenvalue weighted by molar-refractivity contribution is 7.18. The molecule has 30 heavy (non-hydrogen) atoms. The Morgan fingerprint density at radius 3 is 2.77 bits per heavy atom. The molecule has 154 valence electrons. The molecular formula is C20H19N5O4S. The lowest BCUT2D eigenvalue weighted by atomic mass is 10.2. The molecule has 0 aliphatic carbocycles. The largest absolute Gasteiger partial charge is 0.436 e. The fourth-order valence-corrected chi connectivity index (χ4v) is 3.89. The third-order valence-electron chi connectivity index (χ3n) is 4.40. The number of aliphatic hydroxyl groups is 2. The Morgan fingerprint density at radius 2 is 2.03 bits per heavy atom. The number of nitrogens with zero attached hydrogens (tertiary/aromatic N) is 4. The zero-order valence-electron chi connectivity index (χ0n) is 16.2. The molecule has 1 aromatic carbocycles. The molecule has 0 radical (unpaired) electrons. The molecule has 1 amide bonds. The lowest BCUT2D eigenvalue weighted by molar-refractivity contribution is -0.129. The van der Waals surface area contributed by atoms with Crippen molar-refractivity contribution in [2.75, 3.05) is 5.32 Å². The number of fused-ring (bicyclic) bond motifs is 1. The second-order valence-electron chi connectivity index (χ2n) is 6.58. The van der Waals surface area contributed by atoms with Gasteiger partial charge in [0.2, 0.25) is 5.88 Å². The van der Waals surface area contributed by atoms with Crippen molar-refractivity contribution in [2.24, 2.45) is 7.05 Å². The number of anilines is 1. The molecule has 0 saturated heterocycles. The molecule has 2 atom stereocenters. The summed E-state index contributed by atoms with van der Waals surface area (Å²) in [5, 5.41) is 28.0. The summed E-state index contributed by atoms with van der Waals surface area (Å²) in [6, 6.07) is 10.8. The molecule has 0 fully saturated rings. The van der Waals surface area contributed by atoms with Crippen molar-refractivity contribution in [3.63, 3.8) is 0 Å². The third-order valence-corrected chi connectivity index (χ3v) is 5.50. The van der Waals surface area contributed by atoms with E-state index in [1.807, 2.05) is 18.2 Å². The highest BCUT2D eigenvalue weighted by Gasteiger charge is 2.30. The van der Waals surface area contributed by atoms with E-state index in [1.165, 1.54) is 22.2 Å². The second-order valence-corrected chi connectivity index (χ2v) is 7.64. The van der Waals surface area contributed by atoms with Gasteiger partial charge in [0.1, 0.15) is 22.5 Å². The van der Waals surface area contributed by atoms with Crippen LogP contribution in [-0.4, -0.2) is 42.0 Å². The van der Waals surface area contributed by atoms with E-state index in [0.29, 0.717) is 22.6 Å². The highest BCUT2D eigenvalue weighted by atomic mass is 32.1. The Balaban J connectivity index is 1.54. The SMILES string of the molecule is Cc1nn(C)c(Oc2cccnc2)c1NC(=O)[C@H](O)[C@H](O)c1nc2ccccc2s1. The fraction of sp³-hybridized carbons (Fsp3) is 0.200. The van der Waals surface area contributed by atoms with E-state index in [-0.39, 0.29) is 10.9 Å². The van der Waals surface area contributed by atoms with Crippen LogP contribution in [0.1, 0.15) is 16.8 Å². The molecule has 0 unspecified atom stereocenters. The number of amides is 1. The van der Waals surface area contributed by atoms with E-state index in [4.69, 9.17) is 4.74 Å². The van der Waals surface area contributed by atoms with Gasteiger partial charge in [0.25, 0.3) is 5.91 Å². The van der Waals surface area contributed by atoms with Gasteiger partial charge < -0.3 is 20.3 Å². The maximum absolute atomic E-state index is 12.7. The quantitative estimate of drug-likeness (QED) is 0.434. The number of ether oxygens (including phenoxy) is 1.